The molecule has 24 heavy (non-hydrogen) atoms. The molecule has 128 valence electrons. The molecule has 0 unspecified atom stereocenters. The van der Waals surface area contributed by atoms with Crippen LogP contribution in [0.15, 0.2) is 24.3 Å². The number of carbonyl (C=O) groups excluding carboxylic acids is 3. The van der Waals surface area contributed by atoms with Crippen LogP contribution in [-0.2, 0) is 14.3 Å². The zero-order valence-corrected chi connectivity index (χ0v) is 14.0. The van der Waals surface area contributed by atoms with Gasteiger partial charge < -0.3 is 4.74 Å². The molecule has 5 heteroatoms. The number of fused-ring (bicyclic) bond motifs is 1. The van der Waals surface area contributed by atoms with E-state index in [2.05, 4.69) is 0 Å². The highest BCUT2D eigenvalue weighted by atomic mass is 16.5. The van der Waals surface area contributed by atoms with Crippen molar-refractivity contribution in [1.29, 1.82) is 0 Å². The first-order valence-corrected chi connectivity index (χ1v) is 8.78. The van der Waals surface area contributed by atoms with E-state index in [1.54, 1.807) is 24.3 Å². The van der Waals surface area contributed by atoms with Crippen molar-refractivity contribution in [1.82, 2.24) is 0 Å². The van der Waals surface area contributed by atoms with Gasteiger partial charge in [-0.3, -0.25) is 14.5 Å². The first-order chi connectivity index (χ1) is 11.6. The number of rotatable bonds is 5. The van der Waals surface area contributed by atoms with Crippen molar-refractivity contribution in [3.8, 4) is 0 Å². The lowest BCUT2D eigenvalue weighted by Crippen LogP contribution is -2.30. The summed E-state index contributed by atoms with van der Waals surface area (Å²) in [5.41, 5.74) is 0.982. The highest BCUT2D eigenvalue weighted by Crippen LogP contribution is 2.40. The molecule has 1 aliphatic heterocycles. The summed E-state index contributed by atoms with van der Waals surface area (Å²) in [6, 6.07) is 6.55. The second-order valence-electron chi connectivity index (χ2n) is 6.55. The smallest absolute Gasteiger partial charge is 0.338 e. The maximum atomic E-state index is 12.6. The standard InChI is InChI=1S/C19H23NO4/c1-2-3-12-24-19(23)13-8-10-14(11-9-13)20-17(21)15-6-4-5-7-16(15)18(20)22/h8-11,15-16H,2-7,12H2,1H3/t15-,16-/m1/s1. The molecule has 3 rings (SSSR count). The van der Waals surface area contributed by atoms with Gasteiger partial charge in [0, 0.05) is 0 Å². The molecule has 2 aliphatic rings. The second kappa shape index (κ2) is 7.16. The van der Waals surface area contributed by atoms with E-state index in [4.69, 9.17) is 4.74 Å². The van der Waals surface area contributed by atoms with E-state index in [0.717, 1.165) is 38.5 Å². The summed E-state index contributed by atoms with van der Waals surface area (Å²) in [7, 11) is 0. The number of amides is 2. The minimum absolute atomic E-state index is 0.0945. The second-order valence-corrected chi connectivity index (χ2v) is 6.55. The van der Waals surface area contributed by atoms with Crippen LogP contribution in [0, 0.1) is 11.8 Å². The van der Waals surface area contributed by atoms with Crippen molar-refractivity contribution in [3.05, 3.63) is 29.8 Å². The molecule has 2 amide bonds. The van der Waals surface area contributed by atoms with Crippen LogP contribution in [0.5, 0.6) is 0 Å². The van der Waals surface area contributed by atoms with E-state index in [1.165, 1.54) is 4.90 Å². The Labute approximate surface area is 142 Å². The Morgan fingerprint density at radius 1 is 1.08 bits per heavy atom. The third kappa shape index (κ3) is 3.07. The predicted molar refractivity (Wildman–Crippen MR) is 89.6 cm³/mol. The number of imide groups is 1. The molecular weight excluding hydrogens is 306 g/mol. The first-order valence-electron chi connectivity index (χ1n) is 8.78. The van der Waals surface area contributed by atoms with Crippen molar-refractivity contribution in [2.24, 2.45) is 11.8 Å². The van der Waals surface area contributed by atoms with Gasteiger partial charge in [-0.05, 0) is 43.5 Å². The van der Waals surface area contributed by atoms with Gasteiger partial charge in [0.1, 0.15) is 0 Å². The number of hydrogen-bond donors (Lipinski definition) is 0. The molecule has 1 aromatic rings. The number of nitrogens with zero attached hydrogens (tertiary/aromatic N) is 1. The van der Waals surface area contributed by atoms with E-state index >= 15 is 0 Å². The Bertz CT molecular complexity index is 613. The van der Waals surface area contributed by atoms with Crippen molar-refractivity contribution in [3.63, 3.8) is 0 Å². The fourth-order valence-electron chi connectivity index (χ4n) is 3.56. The van der Waals surface area contributed by atoms with Crippen LogP contribution >= 0.6 is 0 Å². The maximum absolute atomic E-state index is 12.6. The Hall–Kier alpha value is -2.17. The molecule has 1 aliphatic carbocycles. The zero-order valence-electron chi connectivity index (χ0n) is 14.0. The SMILES string of the molecule is CCCCOC(=O)c1ccc(N2C(=O)[C@@H]3CCCC[C@H]3C2=O)cc1. The van der Waals surface area contributed by atoms with Crippen LogP contribution in [0.25, 0.3) is 0 Å². The number of carbonyl (C=O) groups is 3. The van der Waals surface area contributed by atoms with Gasteiger partial charge >= 0.3 is 5.97 Å². The summed E-state index contributed by atoms with van der Waals surface area (Å²) in [5, 5.41) is 0. The summed E-state index contributed by atoms with van der Waals surface area (Å²) in [6.07, 6.45) is 5.42. The average molecular weight is 329 g/mol. The van der Waals surface area contributed by atoms with E-state index in [1.807, 2.05) is 6.92 Å². The van der Waals surface area contributed by atoms with Crippen molar-refractivity contribution in [2.45, 2.75) is 45.4 Å². The molecule has 0 spiro atoms. The highest BCUT2D eigenvalue weighted by Gasteiger charge is 2.48. The lowest BCUT2D eigenvalue weighted by Gasteiger charge is -2.19. The van der Waals surface area contributed by atoms with Crippen molar-refractivity contribution >= 4 is 23.5 Å². The van der Waals surface area contributed by atoms with Crippen molar-refractivity contribution < 1.29 is 19.1 Å². The number of esters is 1. The third-order valence-corrected chi connectivity index (χ3v) is 4.93. The summed E-state index contributed by atoms with van der Waals surface area (Å²) in [6.45, 7) is 2.44. The fourth-order valence-corrected chi connectivity index (χ4v) is 3.56. The fraction of sp³-hybridized carbons (Fsp3) is 0.526. The van der Waals surface area contributed by atoms with Gasteiger partial charge in [-0.15, -0.1) is 0 Å². The van der Waals surface area contributed by atoms with Crippen LogP contribution in [-0.4, -0.2) is 24.4 Å². The number of hydrogen-bond acceptors (Lipinski definition) is 4. The topological polar surface area (TPSA) is 63.7 Å². The van der Waals surface area contributed by atoms with Crippen LogP contribution in [0.4, 0.5) is 5.69 Å². The molecule has 2 atom stereocenters. The minimum Gasteiger partial charge on any atom is -0.462 e. The molecule has 5 nitrogen and oxygen atoms in total. The summed E-state index contributed by atoms with van der Waals surface area (Å²) >= 11 is 0. The van der Waals surface area contributed by atoms with Gasteiger partial charge in [-0.1, -0.05) is 26.2 Å². The quantitative estimate of drug-likeness (QED) is 0.472. The maximum Gasteiger partial charge on any atom is 0.338 e. The Morgan fingerprint density at radius 3 is 2.21 bits per heavy atom. The largest absolute Gasteiger partial charge is 0.462 e. The van der Waals surface area contributed by atoms with Crippen LogP contribution in [0.3, 0.4) is 0 Å². The van der Waals surface area contributed by atoms with Gasteiger partial charge in [-0.25, -0.2) is 4.79 Å². The van der Waals surface area contributed by atoms with Crippen molar-refractivity contribution in [2.75, 3.05) is 11.5 Å². The highest BCUT2D eigenvalue weighted by molar-refractivity contribution is 6.22. The normalized spacial score (nSPS) is 23.3. The Balaban J connectivity index is 1.72. The molecule has 0 bridgehead atoms. The van der Waals surface area contributed by atoms with Crippen LogP contribution in [0.2, 0.25) is 0 Å². The monoisotopic (exact) mass is 329 g/mol. The summed E-state index contributed by atoms with van der Waals surface area (Å²) in [4.78, 5) is 38.3. The Morgan fingerprint density at radius 2 is 1.67 bits per heavy atom. The van der Waals surface area contributed by atoms with E-state index in [9.17, 15) is 14.4 Å². The molecule has 2 fully saturated rings. The van der Waals surface area contributed by atoms with Gasteiger partial charge in [0.25, 0.3) is 0 Å². The third-order valence-electron chi connectivity index (χ3n) is 4.93. The molecule has 1 aromatic carbocycles. The molecule has 1 saturated carbocycles. The molecule has 0 N–H and O–H groups in total. The lowest BCUT2D eigenvalue weighted by atomic mass is 9.81. The predicted octanol–water partition coefficient (Wildman–Crippen LogP) is 3.32. The lowest BCUT2D eigenvalue weighted by molar-refractivity contribution is -0.122. The summed E-state index contributed by atoms with van der Waals surface area (Å²) in [5.74, 6) is -0.886. The minimum atomic E-state index is -0.372. The number of unbranched alkanes of at least 4 members (excludes halogenated alkanes) is 1. The van der Waals surface area contributed by atoms with Gasteiger partial charge in [-0.2, -0.15) is 0 Å². The molecule has 1 heterocycles. The van der Waals surface area contributed by atoms with E-state index < -0.39 is 0 Å². The zero-order chi connectivity index (χ0) is 17.1. The van der Waals surface area contributed by atoms with E-state index in [0.29, 0.717) is 17.9 Å². The van der Waals surface area contributed by atoms with Crippen LogP contribution < -0.4 is 4.90 Å². The van der Waals surface area contributed by atoms with Gasteiger partial charge in [0.15, 0.2) is 0 Å². The molecular formula is C19H23NO4. The Kier molecular flexibility index (Phi) is 4.97. The number of ether oxygens (including phenoxy) is 1. The number of benzene rings is 1. The summed E-state index contributed by atoms with van der Waals surface area (Å²) < 4.78 is 5.17. The van der Waals surface area contributed by atoms with Gasteiger partial charge in [0.05, 0.1) is 29.7 Å². The van der Waals surface area contributed by atoms with E-state index in [-0.39, 0.29) is 29.6 Å². The molecule has 0 aromatic heterocycles. The molecule has 0 radical (unpaired) electrons. The van der Waals surface area contributed by atoms with Crippen LogP contribution in [0.1, 0.15) is 55.8 Å². The first kappa shape index (κ1) is 16.7. The number of anilines is 1. The molecule has 1 saturated heterocycles. The average Bonchev–Trinajstić information content (AvgIpc) is 2.87. The van der Waals surface area contributed by atoms with Gasteiger partial charge in [0.2, 0.25) is 11.8 Å².